The van der Waals surface area contributed by atoms with Gasteiger partial charge in [0.1, 0.15) is 0 Å². The van der Waals surface area contributed by atoms with Crippen molar-refractivity contribution in [1.29, 1.82) is 0 Å². The van der Waals surface area contributed by atoms with Crippen LogP contribution in [0.3, 0.4) is 0 Å². The van der Waals surface area contributed by atoms with Crippen molar-refractivity contribution >= 4 is 5.91 Å². The molecule has 0 radical (unpaired) electrons. The van der Waals surface area contributed by atoms with Crippen LogP contribution in [0.15, 0.2) is 12.5 Å². The number of nitrogens with one attached hydrogen (secondary N) is 3. The molecular weight excluding hydrogens is 228 g/mol. The summed E-state index contributed by atoms with van der Waals surface area (Å²) in [5.74, 6) is 0.203. The van der Waals surface area contributed by atoms with E-state index in [4.69, 9.17) is 0 Å². The van der Waals surface area contributed by atoms with Crippen LogP contribution in [-0.2, 0) is 11.2 Å². The van der Waals surface area contributed by atoms with Crippen LogP contribution < -0.4 is 10.6 Å². The summed E-state index contributed by atoms with van der Waals surface area (Å²) in [4.78, 5) is 19.3. The third-order valence-electron chi connectivity index (χ3n) is 3.69. The van der Waals surface area contributed by atoms with E-state index in [0.29, 0.717) is 6.54 Å². The highest BCUT2D eigenvalue weighted by molar-refractivity contribution is 5.83. The van der Waals surface area contributed by atoms with Gasteiger partial charge in [0.05, 0.1) is 11.7 Å². The van der Waals surface area contributed by atoms with E-state index in [1.165, 1.54) is 0 Å². The Morgan fingerprint density at radius 2 is 2.50 bits per heavy atom. The monoisotopic (exact) mass is 250 g/mol. The molecule has 1 atom stereocenters. The second-order valence-electron chi connectivity index (χ2n) is 5.04. The summed E-state index contributed by atoms with van der Waals surface area (Å²) < 4.78 is 0. The number of amides is 1. The molecular formula is C13H22N4O. The maximum atomic E-state index is 12.3. The molecule has 18 heavy (non-hydrogen) atoms. The molecule has 1 aromatic heterocycles. The van der Waals surface area contributed by atoms with Crippen molar-refractivity contribution in [3.05, 3.63) is 18.2 Å². The van der Waals surface area contributed by atoms with E-state index in [0.717, 1.165) is 44.5 Å². The van der Waals surface area contributed by atoms with Gasteiger partial charge in [0.15, 0.2) is 0 Å². The smallest absolute Gasteiger partial charge is 0.227 e. The van der Waals surface area contributed by atoms with Crippen molar-refractivity contribution in [2.75, 3.05) is 19.6 Å². The molecule has 1 aromatic rings. The number of nitrogens with zero attached hydrogens (tertiary/aromatic N) is 1. The Morgan fingerprint density at radius 1 is 1.61 bits per heavy atom. The molecule has 2 heterocycles. The molecule has 1 aliphatic rings. The molecule has 100 valence electrons. The van der Waals surface area contributed by atoms with Crippen LogP contribution >= 0.6 is 0 Å². The van der Waals surface area contributed by atoms with Crippen molar-refractivity contribution in [1.82, 2.24) is 20.6 Å². The molecule has 5 heteroatoms. The summed E-state index contributed by atoms with van der Waals surface area (Å²) >= 11 is 0. The lowest BCUT2D eigenvalue weighted by atomic mass is 9.81. The average molecular weight is 250 g/mol. The van der Waals surface area contributed by atoms with Gasteiger partial charge in [-0.05, 0) is 19.4 Å². The standard InChI is InChI=1S/C13H22N4O/c1-2-4-13(5-7-14-9-13)12(18)16-6-3-11-8-15-10-17-11/h8,10,14H,2-7,9H2,1H3,(H,15,17)(H,16,18). The number of imidazole rings is 1. The zero-order valence-corrected chi connectivity index (χ0v) is 11.0. The number of hydrogen-bond donors (Lipinski definition) is 3. The average Bonchev–Trinajstić information content (AvgIpc) is 3.01. The number of carbonyl (C=O) groups is 1. The number of carbonyl (C=O) groups excluding carboxylic acids is 1. The second kappa shape index (κ2) is 6.00. The Hall–Kier alpha value is -1.36. The van der Waals surface area contributed by atoms with Gasteiger partial charge in [-0.1, -0.05) is 13.3 Å². The fourth-order valence-electron chi connectivity index (χ4n) is 2.66. The summed E-state index contributed by atoms with van der Waals surface area (Å²) in [6.45, 7) is 4.58. The number of rotatable bonds is 6. The fraction of sp³-hybridized carbons (Fsp3) is 0.692. The normalized spacial score (nSPS) is 23.2. The lowest BCUT2D eigenvalue weighted by Gasteiger charge is -2.26. The highest BCUT2D eigenvalue weighted by Crippen LogP contribution is 2.31. The molecule has 0 saturated carbocycles. The van der Waals surface area contributed by atoms with Crippen molar-refractivity contribution in [3.8, 4) is 0 Å². The van der Waals surface area contributed by atoms with Gasteiger partial charge in [-0.3, -0.25) is 4.79 Å². The first-order valence-corrected chi connectivity index (χ1v) is 6.73. The summed E-state index contributed by atoms with van der Waals surface area (Å²) in [6.07, 6.45) is 7.24. The molecule has 0 bridgehead atoms. The molecule has 1 fully saturated rings. The molecule has 1 aliphatic heterocycles. The number of H-pyrrole nitrogens is 1. The Labute approximate surface area is 108 Å². The zero-order chi connectivity index (χ0) is 12.8. The van der Waals surface area contributed by atoms with E-state index in [-0.39, 0.29) is 11.3 Å². The van der Waals surface area contributed by atoms with Gasteiger partial charge in [0.25, 0.3) is 0 Å². The predicted molar refractivity (Wildman–Crippen MR) is 70.1 cm³/mol. The minimum absolute atomic E-state index is 0.178. The first-order valence-electron chi connectivity index (χ1n) is 6.73. The lowest BCUT2D eigenvalue weighted by molar-refractivity contribution is -0.130. The van der Waals surface area contributed by atoms with E-state index in [1.54, 1.807) is 12.5 Å². The first-order chi connectivity index (χ1) is 8.77. The highest BCUT2D eigenvalue weighted by atomic mass is 16.2. The lowest BCUT2D eigenvalue weighted by Crippen LogP contribution is -2.43. The van der Waals surface area contributed by atoms with Crippen LogP contribution in [0.2, 0.25) is 0 Å². The fourth-order valence-corrected chi connectivity index (χ4v) is 2.66. The quantitative estimate of drug-likeness (QED) is 0.701. The van der Waals surface area contributed by atoms with Crippen LogP contribution in [0, 0.1) is 5.41 Å². The van der Waals surface area contributed by atoms with Crippen molar-refractivity contribution < 1.29 is 4.79 Å². The minimum atomic E-state index is -0.178. The second-order valence-corrected chi connectivity index (χ2v) is 5.04. The predicted octanol–water partition coefficient (Wildman–Crippen LogP) is 0.848. The van der Waals surface area contributed by atoms with Crippen molar-refractivity contribution in [2.24, 2.45) is 5.41 Å². The molecule has 0 aliphatic carbocycles. The largest absolute Gasteiger partial charge is 0.355 e. The molecule has 1 unspecified atom stereocenters. The van der Waals surface area contributed by atoms with E-state index in [1.807, 2.05) is 0 Å². The molecule has 0 aromatic carbocycles. The first kappa shape index (κ1) is 13.1. The number of hydrogen-bond acceptors (Lipinski definition) is 3. The van der Waals surface area contributed by atoms with Gasteiger partial charge in [-0.2, -0.15) is 0 Å². The third kappa shape index (κ3) is 2.90. The van der Waals surface area contributed by atoms with Gasteiger partial charge < -0.3 is 15.6 Å². The number of aromatic nitrogens is 2. The van der Waals surface area contributed by atoms with Gasteiger partial charge in [-0.15, -0.1) is 0 Å². The summed E-state index contributed by atoms with van der Waals surface area (Å²) in [5.41, 5.74) is 0.882. The van der Waals surface area contributed by atoms with Gasteiger partial charge in [0.2, 0.25) is 5.91 Å². The summed E-state index contributed by atoms with van der Waals surface area (Å²) in [7, 11) is 0. The Morgan fingerprint density at radius 3 is 3.11 bits per heavy atom. The minimum Gasteiger partial charge on any atom is -0.355 e. The SMILES string of the molecule is CCCC1(C(=O)NCCc2cnc[nH]2)CCNC1. The van der Waals surface area contributed by atoms with Crippen LogP contribution in [0.25, 0.3) is 0 Å². The molecule has 3 N–H and O–H groups in total. The van der Waals surface area contributed by atoms with Gasteiger partial charge in [0, 0.05) is 31.4 Å². The molecule has 1 amide bonds. The maximum Gasteiger partial charge on any atom is 0.227 e. The highest BCUT2D eigenvalue weighted by Gasteiger charge is 2.39. The van der Waals surface area contributed by atoms with Crippen LogP contribution in [0.4, 0.5) is 0 Å². The maximum absolute atomic E-state index is 12.3. The van der Waals surface area contributed by atoms with Gasteiger partial charge >= 0.3 is 0 Å². The number of aromatic amines is 1. The Balaban J connectivity index is 1.82. The van der Waals surface area contributed by atoms with E-state index in [9.17, 15) is 4.79 Å². The van der Waals surface area contributed by atoms with Gasteiger partial charge in [-0.25, -0.2) is 4.98 Å². The van der Waals surface area contributed by atoms with E-state index >= 15 is 0 Å². The van der Waals surface area contributed by atoms with Crippen LogP contribution in [0.5, 0.6) is 0 Å². The molecule has 1 saturated heterocycles. The zero-order valence-electron chi connectivity index (χ0n) is 11.0. The summed E-state index contributed by atoms with van der Waals surface area (Å²) in [5, 5.41) is 6.37. The van der Waals surface area contributed by atoms with Crippen LogP contribution in [0.1, 0.15) is 31.9 Å². The Bertz CT molecular complexity index is 368. The molecule has 5 nitrogen and oxygen atoms in total. The third-order valence-corrected chi connectivity index (χ3v) is 3.69. The van der Waals surface area contributed by atoms with Crippen molar-refractivity contribution in [3.63, 3.8) is 0 Å². The van der Waals surface area contributed by atoms with E-state index in [2.05, 4.69) is 27.5 Å². The molecule has 2 rings (SSSR count). The summed E-state index contributed by atoms with van der Waals surface area (Å²) in [6, 6.07) is 0. The molecule has 0 spiro atoms. The van der Waals surface area contributed by atoms with Crippen LogP contribution in [-0.4, -0.2) is 35.5 Å². The van der Waals surface area contributed by atoms with E-state index < -0.39 is 0 Å². The topological polar surface area (TPSA) is 69.8 Å². The van der Waals surface area contributed by atoms with Crippen molar-refractivity contribution in [2.45, 2.75) is 32.6 Å². The Kier molecular flexibility index (Phi) is 4.36.